The third-order valence-electron chi connectivity index (χ3n) is 1.35. The van der Waals surface area contributed by atoms with Crippen molar-refractivity contribution in [2.45, 2.75) is 17.5 Å². The van der Waals surface area contributed by atoms with Crippen LogP contribution in [0.1, 0.15) is 5.56 Å². The summed E-state index contributed by atoms with van der Waals surface area (Å²) in [6.45, 7) is 1.64. The van der Waals surface area contributed by atoms with E-state index in [9.17, 15) is 13.2 Å². The maximum Gasteiger partial charge on any atom is 0.447 e. The molecular formula is C7H7F3N2S. The van der Waals surface area contributed by atoms with E-state index < -0.39 is 5.51 Å². The summed E-state index contributed by atoms with van der Waals surface area (Å²) in [4.78, 5) is 3.54. The number of pyridine rings is 1. The van der Waals surface area contributed by atoms with Gasteiger partial charge in [-0.3, -0.25) is 0 Å². The van der Waals surface area contributed by atoms with Crippen LogP contribution in [0, 0.1) is 6.92 Å². The van der Waals surface area contributed by atoms with Gasteiger partial charge in [0.25, 0.3) is 0 Å². The van der Waals surface area contributed by atoms with Gasteiger partial charge in [-0.1, -0.05) is 0 Å². The molecule has 1 aromatic heterocycles. The number of hydrogen-bond acceptors (Lipinski definition) is 3. The standard InChI is InChI=1S/C7H7F3N2S/c1-4-2-6(12-3-5(4)11)13-7(8,9)10/h2-3H,11H2,1H3. The van der Waals surface area contributed by atoms with Crippen molar-refractivity contribution in [1.82, 2.24) is 4.98 Å². The maximum atomic E-state index is 11.9. The quantitative estimate of drug-likeness (QED) is 0.721. The summed E-state index contributed by atoms with van der Waals surface area (Å²) >= 11 is -0.243. The third kappa shape index (κ3) is 3.14. The smallest absolute Gasteiger partial charge is 0.397 e. The van der Waals surface area contributed by atoms with Crippen molar-refractivity contribution in [3.63, 3.8) is 0 Å². The Bertz CT molecular complexity index is 311. The average Bonchev–Trinajstić information content (AvgIpc) is 1.94. The molecule has 13 heavy (non-hydrogen) atoms. The molecule has 0 aromatic carbocycles. The molecule has 0 saturated carbocycles. The van der Waals surface area contributed by atoms with Crippen molar-refractivity contribution in [1.29, 1.82) is 0 Å². The van der Waals surface area contributed by atoms with Gasteiger partial charge in [-0.25, -0.2) is 4.98 Å². The Morgan fingerprint density at radius 2 is 2.08 bits per heavy atom. The summed E-state index contributed by atoms with van der Waals surface area (Å²) in [5, 5.41) is -0.0841. The molecule has 1 rings (SSSR count). The van der Waals surface area contributed by atoms with Crippen molar-refractivity contribution < 1.29 is 13.2 Å². The van der Waals surface area contributed by atoms with Gasteiger partial charge in [-0.05, 0) is 18.6 Å². The third-order valence-corrected chi connectivity index (χ3v) is 2.01. The van der Waals surface area contributed by atoms with Gasteiger partial charge in [0.05, 0.1) is 11.9 Å². The lowest BCUT2D eigenvalue weighted by atomic mass is 10.3. The molecule has 0 fully saturated rings. The van der Waals surface area contributed by atoms with E-state index in [0.717, 1.165) is 0 Å². The van der Waals surface area contributed by atoms with Crippen molar-refractivity contribution in [3.8, 4) is 0 Å². The predicted octanol–water partition coefficient (Wildman–Crippen LogP) is 2.58. The molecule has 0 unspecified atom stereocenters. The Kier molecular flexibility index (Phi) is 2.70. The van der Waals surface area contributed by atoms with Crippen molar-refractivity contribution in [3.05, 3.63) is 17.8 Å². The number of nitrogens with two attached hydrogens (primary N) is 1. The molecule has 1 aromatic rings. The number of thioether (sulfide) groups is 1. The van der Waals surface area contributed by atoms with E-state index >= 15 is 0 Å². The fourth-order valence-electron chi connectivity index (χ4n) is 0.715. The lowest BCUT2D eigenvalue weighted by Gasteiger charge is -2.05. The minimum absolute atomic E-state index is 0.0841. The second-order valence-corrected chi connectivity index (χ2v) is 3.51. The largest absolute Gasteiger partial charge is 0.447 e. The fourth-order valence-corrected chi connectivity index (χ4v) is 1.29. The molecule has 2 nitrogen and oxygen atoms in total. The van der Waals surface area contributed by atoms with E-state index in [1.807, 2.05) is 0 Å². The Labute approximate surface area is 77.3 Å². The molecule has 72 valence electrons. The van der Waals surface area contributed by atoms with Gasteiger partial charge < -0.3 is 5.73 Å². The number of hydrogen-bond donors (Lipinski definition) is 1. The van der Waals surface area contributed by atoms with E-state index in [1.165, 1.54) is 12.3 Å². The normalized spacial score (nSPS) is 11.7. The first-order chi connectivity index (χ1) is 5.88. The Hall–Kier alpha value is -0.910. The predicted molar refractivity (Wildman–Crippen MR) is 45.3 cm³/mol. The van der Waals surface area contributed by atoms with E-state index in [1.54, 1.807) is 6.92 Å². The molecule has 2 N–H and O–H groups in total. The number of halogens is 3. The van der Waals surface area contributed by atoms with Gasteiger partial charge in [0, 0.05) is 11.8 Å². The van der Waals surface area contributed by atoms with Gasteiger partial charge in [0.15, 0.2) is 0 Å². The second-order valence-electron chi connectivity index (χ2n) is 2.43. The Morgan fingerprint density at radius 1 is 1.46 bits per heavy atom. The molecule has 0 saturated heterocycles. The number of nitrogen functional groups attached to an aromatic ring is 1. The molecule has 6 heteroatoms. The molecule has 0 bridgehead atoms. The van der Waals surface area contributed by atoms with Gasteiger partial charge in [-0.15, -0.1) is 0 Å². The molecular weight excluding hydrogens is 201 g/mol. The van der Waals surface area contributed by atoms with E-state index in [4.69, 9.17) is 5.73 Å². The lowest BCUT2D eigenvalue weighted by Crippen LogP contribution is -2.01. The van der Waals surface area contributed by atoms with Crippen LogP contribution in [-0.2, 0) is 0 Å². The summed E-state index contributed by atoms with van der Waals surface area (Å²) in [5.41, 5.74) is 2.10. The van der Waals surface area contributed by atoms with Crippen LogP contribution in [0.2, 0.25) is 0 Å². The summed E-state index contributed by atoms with van der Waals surface area (Å²) in [6.07, 6.45) is 1.23. The van der Waals surface area contributed by atoms with Crippen molar-refractivity contribution in [2.24, 2.45) is 0 Å². The topological polar surface area (TPSA) is 38.9 Å². The Balaban J connectivity index is 2.86. The maximum absolute atomic E-state index is 11.9. The Morgan fingerprint density at radius 3 is 2.54 bits per heavy atom. The minimum Gasteiger partial charge on any atom is -0.397 e. The molecule has 0 atom stereocenters. The highest BCUT2D eigenvalue weighted by Crippen LogP contribution is 2.36. The van der Waals surface area contributed by atoms with Crippen LogP contribution < -0.4 is 5.73 Å². The number of aryl methyl sites for hydroxylation is 1. The van der Waals surface area contributed by atoms with Crippen molar-refractivity contribution >= 4 is 17.4 Å². The van der Waals surface area contributed by atoms with E-state index in [0.29, 0.717) is 11.3 Å². The average molecular weight is 208 g/mol. The van der Waals surface area contributed by atoms with Crippen LogP contribution in [0.4, 0.5) is 18.9 Å². The van der Waals surface area contributed by atoms with Gasteiger partial charge >= 0.3 is 5.51 Å². The number of anilines is 1. The first-order valence-corrected chi connectivity index (χ1v) is 4.18. The molecule has 0 spiro atoms. The number of rotatable bonds is 1. The fraction of sp³-hybridized carbons (Fsp3) is 0.286. The summed E-state index contributed by atoms with van der Waals surface area (Å²) in [5.74, 6) is 0. The van der Waals surface area contributed by atoms with E-state index in [-0.39, 0.29) is 16.8 Å². The number of aromatic nitrogens is 1. The van der Waals surface area contributed by atoms with Crippen molar-refractivity contribution in [2.75, 3.05) is 5.73 Å². The first-order valence-electron chi connectivity index (χ1n) is 3.36. The first kappa shape index (κ1) is 10.2. The summed E-state index contributed by atoms with van der Waals surface area (Å²) < 4.78 is 35.6. The van der Waals surface area contributed by atoms with Crippen LogP contribution in [0.3, 0.4) is 0 Å². The minimum atomic E-state index is -4.30. The molecule has 0 aliphatic heterocycles. The highest BCUT2D eigenvalue weighted by molar-refractivity contribution is 8.00. The molecule has 0 aliphatic carbocycles. The monoisotopic (exact) mass is 208 g/mol. The molecule has 0 aliphatic rings. The lowest BCUT2D eigenvalue weighted by molar-refractivity contribution is -0.0329. The van der Waals surface area contributed by atoms with Gasteiger partial charge in [-0.2, -0.15) is 13.2 Å². The van der Waals surface area contributed by atoms with Crippen LogP contribution >= 0.6 is 11.8 Å². The van der Waals surface area contributed by atoms with Crippen LogP contribution in [0.15, 0.2) is 17.3 Å². The van der Waals surface area contributed by atoms with Gasteiger partial charge in [0.2, 0.25) is 0 Å². The summed E-state index contributed by atoms with van der Waals surface area (Å²) in [6, 6.07) is 1.31. The zero-order chi connectivity index (χ0) is 10.1. The molecule has 0 radical (unpaired) electrons. The highest BCUT2D eigenvalue weighted by atomic mass is 32.2. The van der Waals surface area contributed by atoms with Crippen LogP contribution in [-0.4, -0.2) is 10.5 Å². The summed E-state index contributed by atoms with van der Waals surface area (Å²) in [7, 11) is 0. The number of nitrogens with zero attached hydrogens (tertiary/aromatic N) is 1. The van der Waals surface area contributed by atoms with Crippen LogP contribution in [0.25, 0.3) is 0 Å². The highest BCUT2D eigenvalue weighted by Gasteiger charge is 2.30. The molecule has 0 amide bonds. The molecule has 1 heterocycles. The van der Waals surface area contributed by atoms with E-state index in [2.05, 4.69) is 4.98 Å². The van der Waals surface area contributed by atoms with Crippen LogP contribution in [0.5, 0.6) is 0 Å². The number of alkyl halides is 3. The zero-order valence-corrected chi connectivity index (χ0v) is 7.54. The van der Waals surface area contributed by atoms with Gasteiger partial charge in [0.1, 0.15) is 5.03 Å². The second kappa shape index (κ2) is 3.45. The zero-order valence-electron chi connectivity index (χ0n) is 6.72. The SMILES string of the molecule is Cc1cc(SC(F)(F)F)ncc1N.